The molecule has 3 aromatic carbocycles. The number of rotatable bonds is 8. The van der Waals surface area contributed by atoms with Crippen molar-refractivity contribution in [2.24, 2.45) is 11.7 Å². The van der Waals surface area contributed by atoms with Gasteiger partial charge in [0.15, 0.2) is 6.61 Å². The predicted molar refractivity (Wildman–Crippen MR) is 163 cm³/mol. The van der Waals surface area contributed by atoms with Crippen molar-refractivity contribution in [3.63, 3.8) is 0 Å². The van der Waals surface area contributed by atoms with Crippen molar-refractivity contribution in [2.75, 3.05) is 6.61 Å². The first kappa shape index (κ1) is 28.1. The van der Waals surface area contributed by atoms with Gasteiger partial charge in [0, 0.05) is 34.2 Å². The minimum atomic E-state index is -4.04. The third kappa shape index (κ3) is 4.97. The van der Waals surface area contributed by atoms with Gasteiger partial charge in [-0.1, -0.05) is 35.4 Å². The highest BCUT2D eigenvalue weighted by Crippen LogP contribution is 2.34. The zero-order valence-electron chi connectivity index (χ0n) is 23.4. The number of primary amides is 1. The molecule has 10 heteroatoms. The predicted octanol–water partition coefficient (Wildman–Crippen LogP) is 3.72. The number of benzene rings is 3. The van der Waals surface area contributed by atoms with Crippen LogP contribution in [0.2, 0.25) is 5.02 Å². The molecule has 4 aromatic rings. The van der Waals surface area contributed by atoms with Crippen LogP contribution < -0.4 is 26.4 Å². The minimum absolute atomic E-state index is 0.0232. The van der Waals surface area contributed by atoms with Gasteiger partial charge in [0.25, 0.3) is 15.9 Å². The van der Waals surface area contributed by atoms with Crippen LogP contribution in [0.3, 0.4) is 0 Å². The molecule has 0 saturated heterocycles. The van der Waals surface area contributed by atoms with Crippen LogP contribution in [0.25, 0.3) is 23.0 Å². The van der Waals surface area contributed by atoms with Crippen LogP contribution in [0.4, 0.5) is 0 Å². The van der Waals surface area contributed by atoms with E-state index in [1.807, 2.05) is 25.1 Å². The molecule has 1 amide bonds. The van der Waals surface area contributed by atoms with E-state index < -0.39 is 28.3 Å². The Morgan fingerprint density at radius 3 is 2.40 bits per heavy atom. The Balaban J connectivity index is 1.41. The van der Waals surface area contributed by atoms with Crippen molar-refractivity contribution < 1.29 is 22.7 Å². The van der Waals surface area contributed by atoms with E-state index in [1.165, 1.54) is 10.2 Å². The first-order valence-electron chi connectivity index (χ1n) is 13.7. The Kier molecular flexibility index (Phi) is 6.90. The molecule has 1 fully saturated rings. The Morgan fingerprint density at radius 2 is 1.74 bits per heavy atom. The molecule has 3 N–H and O–H groups in total. The molecule has 1 aliphatic carbocycles. The molecule has 8 nitrogen and oxygen atoms in total. The monoisotopic (exact) mass is 603 g/mol. The van der Waals surface area contributed by atoms with Gasteiger partial charge in [-0.25, -0.2) is 12.4 Å². The summed E-state index contributed by atoms with van der Waals surface area (Å²) in [5.41, 5.74) is 8.16. The SMILES string of the molecule is Cc1cc(C)c(S(=O)(=O)n2cc(C(=O)COc3cc4ccc(Cl)cc4cc3C(N)=O)c3c2=CC(C2CC2)NC=3)c(C)c1. The second kappa shape index (κ2) is 10.3. The molecule has 2 aliphatic rings. The zero-order chi connectivity index (χ0) is 29.9. The van der Waals surface area contributed by atoms with Gasteiger partial charge in [0.2, 0.25) is 5.78 Å². The number of ketones is 1. The summed E-state index contributed by atoms with van der Waals surface area (Å²) >= 11 is 6.10. The van der Waals surface area contributed by atoms with E-state index in [0.717, 1.165) is 23.8 Å². The van der Waals surface area contributed by atoms with E-state index >= 15 is 0 Å². The summed E-state index contributed by atoms with van der Waals surface area (Å²) in [5, 5.41) is 6.23. The first-order valence-corrected chi connectivity index (χ1v) is 15.5. The maximum atomic E-state index is 14.1. The van der Waals surface area contributed by atoms with Crippen LogP contribution in [0.15, 0.2) is 53.6 Å². The van der Waals surface area contributed by atoms with Gasteiger partial charge in [0.1, 0.15) is 5.75 Å². The van der Waals surface area contributed by atoms with Crippen molar-refractivity contribution >= 4 is 56.4 Å². The number of fused-ring (bicyclic) bond motifs is 2. The summed E-state index contributed by atoms with van der Waals surface area (Å²) < 4.78 is 35.4. The van der Waals surface area contributed by atoms with Crippen molar-refractivity contribution in [2.45, 2.75) is 44.6 Å². The number of Topliss-reactive ketones (excluding diaryl/α,β-unsaturated/α-hetero) is 1. The summed E-state index contributed by atoms with van der Waals surface area (Å²) in [5.74, 6) is -0.586. The molecule has 1 aliphatic heterocycles. The molecule has 42 heavy (non-hydrogen) atoms. The van der Waals surface area contributed by atoms with E-state index in [4.69, 9.17) is 22.1 Å². The van der Waals surface area contributed by atoms with Crippen molar-refractivity contribution in [1.82, 2.24) is 9.29 Å². The molecular weight excluding hydrogens is 574 g/mol. The number of carbonyl (C=O) groups excluding carboxylic acids is 2. The molecule has 1 aromatic heterocycles. The summed E-state index contributed by atoms with van der Waals surface area (Å²) in [7, 11) is -4.04. The van der Waals surface area contributed by atoms with E-state index in [-0.39, 0.29) is 27.8 Å². The lowest BCUT2D eigenvalue weighted by molar-refractivity contribution is 0.0911. The molecule has 1 unspecified atom stereocenters. The van der Waals surface area contributed by atoms with Gasteiger partial charge in [-0.05, 0) is 91.8 Å². The third-order valence-electron chi connectivity index (χ3n) is 7.88. The molecular formula is C32H30ClN3O5S. The number of ether oxygens (including phenoxy) is 1. The number of carbonyl (C=O) groups is 2. The van der Waals surface area contributed by atoms with Gasteiger partial charge < -0.3 is 15.8 Å². The molecule has 0 radical (unpaired) electrons. The van der Waals surface area contributed by atoms with Crippen LogP contribution in [0.5, 0.6) is 5.75 Å². The van der Waals surface area contributed by atoms with E-state index in [0.29, 0.717) is 38.0 Å². The Hall–Kier alpha value is -4.08. The van der Waals surface area contributed by atoms with Crippen LogP contribution in [-0.4, -0.2) is 36.7 Å². The van der Waals surface area contributed by atoms with Gasteiger partial charge in [0.05, 0.1) is 15.8 Å². The van der Waals surface area contributed by atoms with E-state index in [9.17, 15) is 18.0 Å². The zero-order valence-corrected chi connectivity index (χ0v) is 25.0. The van der Waals surface area contributed by atoms with Crippen LogP contribution in [0.1, 0.15) is 50.2 Å². The van der Waals surface area contributed by atoms with Gasteiger partial charge in [-0.3, -0.25) is 9.59 Å². The van der Waals surface area contributed by atoms with Crippen molar-refractivity contribution in [3.05, 3.63) is 92.1 Å². The molecule has 1 atom stereocenters. The number of nitrogens with two attached hydrogens (primary N) is 1. The lowest BCUT2D eigenvalue weighted by atomic mass is 10.1. The second-order valence-corrected chi connectivity index (χ2v) is 13.3. The largest absolute Gasteiger partial charge is 0.485 e. The lowest BCUT2D eigenvalue weighted by Gasteiger charge is -2.17. The average Bonchev–Trinajstić information content (AvgIpc) is 3.70. The number of nitrogens with zero attached hydrogens (tertiary/aromatic N) is 1. The standard InChI is InChI=1S/C32H30ClN3O5S/c1-17-8-18(2)31(19(3)9-17)42(39,40)36-15-26(25-14-35-27(13-28(25)36)20-4-5-20)29(37)16-41-30-12-21-6-7-23(33)10-22(21)11-24(30)32(34)38/h6-15,20,27,35H,4-5,16H2,1-3H3,(H2,34,38). The Labute approximate surface area is 248 Å². The third-order valence-corrected chi connectivity index (χ3v) is 10.1. The number of amides is 1. The number of hydrogen-bond acceptors (Lipinski definition) is 6. The normalized spacial score (nSPS) is 16.2. The molecule has 216 valence electrons. The van der Waals surface area contributed by atoms with Crippen molar-refractivity contribution in [1.29, 1.82) is 0 Å². The maximum absolute atomic E-state index is 14.1. The van der Waals surface area contributed by atoms with E-state index in [2.05, 4.69) is 5.32 Å². The van der Waals surface area contributed by atoms with Crippen LogP contribution >= 0.6 is 11.6 Å². The number of aromatic nitrogens is 1. The Bertz CT molecular complexity index is 2020. The van der Waals surface area contributed by atoms with Crippen LogP contribution in [0, 0.1) is 26.7 Å². The number of hydrogen-bond donors (Lipinski definition) is 2. The summed E-state index contributed by atoms with van der Waals surface area (Å²) in [6, 6.07) is 12.1. The summed E-state index contributed by atoms with van der Waals surface area (Å²) in [6.07, 6.45) is 7.12. The fourth-order valence-electron chi connectivity index (χ4n) is 5.83. The minimum Gasteiger partial charge on any atom is -0.485 e. The highest BCUT2D eigenvalue weighted by molar-refractivity contribution is 7.90. The molecule has 6 rings (SSSR count). The van der Waals surface area contributed by atoms with Gasteiger partial charge >= 0.3 is 0 Å². The van der Waals surface area contributed by atoms with E-state index in [1.54, 1.807) is 50.4 Å². The van der Waals surface area contributed by atoms with Gasteiger partial charge in [-0.15, -0.1) is 0 Å². The summed E-state index contributed by atoms with van der Waals surface area (Å²) in [4.78, 5) is 26.1. The quantitative estimate of drug-likeness (QED) is 0.296. The Morgan fingerprint density at radius 1 is 1.02 bits per heavy atom. The number of halogens is 1. The maximum Gasteiger partial charge on any atom is 0.268 e. The highest BCUT2D eigenvalue weighted by atomic mass is 35.5. The lowest BCUT2D eigenvalue weighted by Crippen LogP contribution is -2.44. The second-order valence-electron chi connectivity index (χ2n) is 11.1. The summed E-state index contributed by atoms with van der Waals surface area (Å²) in [6.45, 7) is 5.05. The number of aryl methyl sites for hydroxylation is 3. The molecule has 0 spiro atoms. The topological polar surface area (TPSA) is 120 Å². The average molecular weight is 604 g/mol. The molecule has 1 saturated carbocycles. The van der Waals surface area contributed by atoms with Crippen LogP contribution in [-0.2, 0) is 10.0 Å². The fourth-order valence-corrected chi connectivity index (χ4v) is 7.80. The fraction of sp³-hybridized carbons (Fsp3) is 0.250. The number of nitrogens with one attached hydrogen (secondary N) is 1. The molecule has 2 heterocycles. The molecule has 0 bridgehead atoms. The van der Waals surface area contributed by atoms with Gasteiger partial charge in [-0.2, -0.15) is 0 Å². The smallest absolute Gasteiger partial charge is 0.268 e. The van der Waals surface area contributed by atoms with Crippen molar-refractivity contribution in [3.8, 4) is 5.75 Å². The first-order chi connectivity index (χ1) is 19.9. The highest BCUT2D eigenvalue weighted by Gasteiger charge is 2.33.